The maximum Gasteiger partial charge on any atom is 0.255 e. The van der Waals surface area contributed by atoms with Crippen molar-refractivity contribution in [2.45, 2.75) is 0 Å². The number of methoxy groups -OCH3 is 1. The van der Waals surface area contributed by atoms with Crippen LogP contribution in [-0.4, -0.2) is 33.1 Å². The Labute approximate surface area is 115 Å². The van der Waals surface area contributed by atoms with Crippen molar-refractivity contribution in [1.29, 1.82) is 0 Å². The molecule has 3 heterocycles. The van der Waals surface area contributed by atoms with E-state index < -0.39 is 0 Å². The predicted octanol–water partition coefficient (Wildman–Crippen LogP) is 1.73. The highest BCUT2D eigenvalue weighted by Gasteiger charge is 2.12. The molecule has 1 N–H and O–H groups in total. The smallest absolute Gasteiger partial charge is 0.255 e. The van der Waals surface area contributed by atoms with Gasteiger partial charge in [0.25, 0.3) is 6.29 Å². The van der Waals surface area contributed by atoms with E-state index in [1.165, 1.54) is 0 Å². The summed E-state index contributed by atoms with van der Waals surface area (Å²) in [5.41, 5.74) is 2.59. The summed E-state index contributed by atoms with van der Waals surface area (Å²) in [5, 5.41) is 4.20. The van der Waals surface area contributed by atoms with E-state index in [0.29, 0.717) is 5.88 Å². The van der Waals surface area contributed by atoms with Crippen molar-refractivity contribution < 1.29 is 9.53 Å². The van der Waals surface area contributed by atoms with Crippen molar-refractivity contribution in [2.24, 2.45) is 0 Å². The number of carbonyl (C=O) groups excluding carboxylic acids is 1. The molecule has 0 aliphatic carbocycles. The zero-order valence-electron chi connectivity index (χ0n) is 10.7. The van der Waals surface area contributed by atoms with Gasteiger partial charge in [-0.15, -0.1) is 0 Å². The molecule has 0 aliphatic rings. The Bertz CT molecular complexity index is 714. The number of ether oxygens (including phenoxy) is 1. The molecule has 0 aromatic carbocycles. The summed E-state index contributed by atoms with van der Waals surface area (Å²) in [5.74, 6) is 0.518. The third kappa shape index (κ3) is 2.07. The lowest BCUT2D eigenvalue weighted by molar-refractivity contribution is 0.397. The maximum absolute atomic E-state index is 10.8. The fraction of sp³-hybridized carbons (Fsp3) is 0.0714. The number of rotatable bonds is 4. The van der Waals surface area contributed by atoms with Crippen molar-refractivity contribution in [1.82, 2.24) is 19.7 Å². The average Bonchev–Trinajstić information content (AvgIpc) is 3.16. The Morgan fingerprint density at radius 3 is 2.85 bits per heavy atom. The Kier molecular flexibility index (Phi) is 3.04. The molecule has 0 atom stereocenters. The molecule has 0 unspecified atom stereocenters. The first-order valence-corrected chi connectivity index (χ1v) is 5.94. The number of hydrogen-bond donors (Lipinski definition) is 1. The van der Waals surface area contributed by atoms with Gasteiger partial charge in [-0.2, -0.15) is 5.10 Å². The third-order valence-electron chi connectivity index (χ3n) is 2.86. The summed E-state index contributed by atoms with van der Waals surface area (Å²) < 4.78 is 6.66. The van der Waals surface area contributed by atoms with E-state index in [9.17, 15) is 4.79 Å². The number of aromatic amines is 1. The SMILES string of the molecule is COc1ccc(-n2nc([C]=O)cc2-c2ccc[nH]2)cn1. The van der Waals surface area contributed by atoms with Gasteiger partial charge in [0.1, 0.15) is 5.69 Å². The Hall–Kier alpha value is -2.89. The topological polar surface area (TPSA) is 72.8 Å². The number of pyridine rings is 1. The van der Waals surface area contributed by atoms with Gasteiger partial charge in [-0.25, -0.2) is 9.67 Å². The molecule has 20 heavy (non-hydrogen) atoms. The fourth-order valence-electron chi connectivity index (χ4n) is 1.93. The minimum atomic E-state index is 0.241. The highest BCUT2D eigenvalue weighted by atomic mass is 16.5. The predicted molar refractivity (Wildman–Crippen MR) is 72.5 cm³/mol. The summed E-state index contributed by atoms with van der Waals surface area (Å²) in [6.07, 6.45) is 5.24. The standard InChI is InChI=1S/C14H11N4O2/c1-20-14-5-4-11(8-16-14)18-13(7-10(9-19)17-18)12-3-2-6-15-12/h2-8,15H,1H3. The molecule has 3 aromatic heterocycles. The molecule has 6 nitrogen and oxygen atoms in total. The summed E-state index contributed by atoms with van der Waals surface area (Å²) in [6.45, 7) is 0. The highest BCUT2D eigenvalue weighted by Crippen LogP contribution is 2.22. The molecule has 0 aliphatic heterocycles. The molecular formula is C14H11N4O2. The van der Waals surface area contributed by atoms with Gasteiger partial charge in [0.05, 0.1) is 30.4 Å². The molecule has 0 amide bonds. The van der Waals surface area contributed by atoms with Crippen LogP contribution in [0.2, 0.25) is 0 Å². The summed E-state index contributed by atoms with van der Waals surface area (Å²) in [4.78, 5) is 18.1. The first-order valence-electron chi connectivity index (χ1n) is 5.94. The molecule has 0 saturated heterocycles. The van der Waals surface area contributed by atoms with E-state index in [1.807, 2.05) is 24.4 Å². The van der Waals surface area contributed by atoms with Crippen LogP contribution in [0.1, 0.15) is 5.69 Å². The molecule has 0 spiro atoms. The second kappa shape index (κ2) is 5.00. The number of nitrogens with one attached hydrogen (secondary N) is 1. The zero-order chi connectivity index (χ0) is 13.9. The number of nitrogens with zero attached hydrogens (tertiary/aromatic N) is 3. The summed E-state index contributed by atoms with van der Waals surface area (Å²) in [6, 6.07) is 9.00. The van der Waals surface area contributed by atoms with Crippen LogP contribution >= 0.6 is 0 Å². The van der Waals surface area contributed by atoms with Crippen LogP contribution in [0, 0.1) is 0 Å². The molecule has 0 saturated carbocycles. The number of hydrogen-bond acceptors (Lipinski definition) is 4. The molecule has 3 rings (SSSR count). The van der Waals surface area contributed by atoms with E-state index in [4.69, 9.17) is 4.74 Å². The monoisotopic (exact) mass is 267 g/mol. The van der Waals surface area contributed by atoms with E-state index in [-0.39, 0.29) is 5.69 Å². The van der Waals surface area contributed by atoms with Crippen molar-refractivity contribution >= 4 is 6.29 Å². The lowest BCUT2D eigenvalue weighted by Crippen LogP contribution is -2.01. The largest absolute Gasteiger partial charge is 0.481 e. The second-order valence-electron chi connectivity index (χ2n) is 4.07. The minimum absolute atomic E-state index is 0.241. The lowest BCUT2D eigenvalue weighted by atomic mass is 10.3. The van der Waals surface area contributed by atoms with Crippen LogP contribution in [0.25, 0.3) is 17.1 Å². The van der Waals surface area contributed by atoms with Crippen molar-refractivity contribution in [2.75, 3.05) is 7.11 Å². The highest BCUT2D eigenvalue weighted by molar-refractivity contribution is 5.76. The van der Waals surface area contributed by atoms with Crippen LogP contribution in [0.4, 0.5) is 0 Å². The molecule has 0 bridgehead atoms. The second-order valence-corrected chi connectivity index (χ2v) is 4.07. The van der Waals surface area contributed by atoms with Gasteiger partial charge < -0.3 is 9.72 Å². The van der Waals surface area contributed by atoms with Crippen LogP contribution in [-0.2, 0) is 4.79 Å². The van der Waals surface area contributed by atoms with Crippen LogP contribution < -0.4 is 4.74 Å². The summed E-state index contributed by atoms with van der Waals surface area (Å²) >= 11 is 0. The lowest BCUT2D eigenvalue weighted by Gasteiger charge is -2.06. The van der Waals surface area contributed by atoms with Gasteiger partial charge in [-0.3, -0.25) is 4.79 Å². The van der Waals surface area contributed by atoms with Gasteiger partial charge in [-0.1, -0.05) is 0 Å². The fourth-order valence-corrected chi connectivity index (χ4v) is 1.93. The Balaban J connectivity index is 2.11. The quantitative estimate of drug-likeness (QED) is 0.781. The zero-order valence-corrected chi connectivity index (χ0v) is 10.7. The Morgan fingerprint density at radius 1 is 1.35 bits per heavy atom. The number of aromatic nitrogens is 4. The first kappa shape index (κ1) is 12.2. The first-order chi connectivity index (χ1) is 9.81. The van der Waals surface area contributed by atoms with Crippen LogP contribution in [0.3, 0.4) is 0 Å². The normalized spacial score (nSPS) is 10.4. The van der Waals surface area contributed by atoms with Gasteiger partial charge in [-0.05, 0) is 24.3 Å². The molecule has 1 radical (unpaired) electrons. The molecule has 99 valence electrons. The van der Waals surface area contributed by atoms with Crippen molar-refractivity contribution in [3.8, 4) is 23.0 Å². The van der Waals surface area contributed by atoms with Gasteiger partial charge >= 0.3 is 0 Å². The van der Waals surface area contributed by atoms with Gasteiger partial charge in [0.15, 0.2) is 0 Å². The van der Waals surface area contributed by atoms with Crippen LogP contribution in [0.5, 0.6) is 5.88 Å². The summed E-state index contributed by atoms with van der Waals surface area (Å²) in [7, 11) is 1.56. The van der Waals surface area contributed by atoms with Crippen LogP contribution in [0.15, 0.2) is 42.7 Å². The van der Waals surface area contributed by atoms with E-state index in [0.717, 1.165) is 17.1 Å². The minimum Gasteiger partial charge on any atom is -0.481 e. The molecule has 0 fully saturated rings. The molecular weight excluding hydrogens is 256 g/mol. The van der Waals surface area contributed by atoms with Gasteiger partial charge in [0.2, 0.25) is 5.88 Å². The molecule has 6 heteroatoms. The van der Waals surface area contributed by atoms with Crippen molar-refractivity contribution in [3.63, 3.8) is 0 Å². The maximum atomic E-state index is 10.8. The molecule has 3 aromatic rings. The van der Waals surface area contributed by atoms with Gasteiger partial charge in [0, 0.05) is 12.3 Å². The number of H-pyrrole nitrogens is 1. The average molecular weight is 267 g/mol. The van der Waals surface area contributed by atoms with Crippen molar-refractivity contribution in [3.05, 3.63) is 48.4 Å². The Morgan fingerprint density at radius 2 is 2.25 bits per heavy atom. The van der Waals surface area contributed by atoms with E-state index >= 15 is 0 Å². The third-order valence-corrected chi connectivity index (χ3v) is 2.86. The van der Waals surface area contributed by atoms with E-state index in [1.54, 1.807) is 36.4 Å². The van der Waals surface area contributed by atoms with E-state index in [2.05, 4.69) is 15.1 Å².